The van der Waals surface area contributed by atoms with Crippen LogP contribution in [0.25, 0.3) is 0 Å². The van der Waals surface area contributed by atoms with Gasteiger partial charge in [0.05, 0.1) is 12.8 Å². The number of aryl methyl sites for hydroxylation is 1. The van der Waals surface area contributed by atoms with Gasteiger partial charge in [-0.2, -0.15) is 0 Å². The first-order valence-electron chi connectivity index (χ1n) is 6.94. The van der Waals surface area contributed by atoms with Crippen LogP contribution in [-0.4, -0.2) is 22.4 Å². The number of nitrogens with one attached hydrogen (secondary N) is 2. The van der Waals surface area contributed by atoms with E-state index in [1.54, 1.807) is 31.4 Å². The minimum Gasteiger partial charge on any atom is -0.467 e. The quantitative estimate of drug-likeness (QED) is 0.853. The molecule has 21 heavy (non-hydrogen) atoms. The number of hydrogen-bond acceptors (Lipinski definition) is 5. The Hall–Kier alpha value is -2.37. The number of carbonyl (C=O) groups excluding carboxylic acids is 1. The van der Waals surface area contributed by atoms with Crippen molar-refractivity contribution in [2.24, 2.45) is 5.92 Å². The van der Waals surface area contributed by atoms with Gasteiger partial charge in [-0.3, -0.25) is 4.79 Å². The van der Waals surface area contributed by atoms with Crippen molar-refractivity contribution in [1.82, 2.24) is 15.3 Å². The molecule has 2 aromatic heterocycles. The Kier molecular flexibility index (Phi) is 4.92. The molecular weight excluding hydrogens is 268 g/mol. The molecule has 0 fully saturated rings. The molecule has 0 saturated heterocycles. The monoisotopic (exact) mass is 288 g/mol. The largest absolute Gasteiger partial charge is 0.467 e. The van der Waals surface area contributed by atoms with E-state index in [0.29, 0.717) is 35.6 Å². The standard InChI is InChI=1S/C15H20N4O2/c1-10(2)8-16-14-7-13(18-11(3)19-14)15(20)17-9-12-5-4-6-21-12/h4-7,10H,8-9H2,1-3H3,(H,17,20)(H,16,18,19). The predicted octanol–water partition coefficient (Wildman–Crippen LogP) is 2.38. The fraction of sp³-hybridized carbons (Fsp3) is 0.400. The van der Waals surface area contributed by atoms with Gasteiger partial charge in [-0.15, -0.1) is 0 Å². The first kappa shape index (κ1) is 15.0. The van der Waals surface area contributed by atoms with Crippen LogP contribution >= 0.6 is 0 Å². The summed E-state index contributed by atoms with van der Waals surface area (Å²) in [5, 5.41) is 5.97. The van der Waals surface area contributed by atoms with Crippen molar-refractivity contribution < 1.29 is 9.21 Å². The Morgan fingerprint density at radius 1 is 1.38 bits per heavy atom. The number of hydrogen-bond donors (Lipinski definition) is 2. The number of amides is 1. The normalized spacial score (nSPS) is 10.7. The molecule has 2 aromatic rings. The van der Waals surface area contributed by atoms with E-state index >= 15 is 0 Å². The Morgan fingerprint density at radius 3 is 2.86 bits per heavy atom. The van der Waals surface area contributed by atoms with Crippen LogP contribution in [0, 0.1) is 12.8 Å². The number of nitrogens with zero attached hydrogens (tertiary/aromatic N) is 2. The van der Waals surface area contributed by atoms with E-state index in [1.165, 1.54) is 0 Å². The molecule has 0 aliphatic rings. The van der Waals surface area contributed by atoms with Crippen molar-refractivity contribution in [1.29, 1.82) is 0 Å². The van der Waals surface area contributed by atoms with Crippen LogP contribution in [0.4, 0.5) is 5.82 Å². The van der Waals surface area contributed by atoms with Crippen molar-refractivity contribution in [3.05, 3.63) is 41.7 Å². The minimum atomic E-state index is -0.246. The average Bonchev–Trinajstić information content (AvgIpc) is 2.95. The first-order valence-corrected chi connectivity index (χ1v) is 6.94. The highest BCUT2D eigenvalue weighted by molar-refractivity contribution is 5.92. The van der Waals surface area contributed by atoms with Crippen LogP contribution < -0.4 is 10.6 Å². The second-order valence-electron chi connectivity index (χ2n) is 5.22. The molecule has 0 unspecified atom stereocenters. The Bertz CT molecular complexity index is 594. The van der Waals surface area contributed by atoms with Crippen LogP contribution in [0.3, 0.4) is 0 Å². The summed E-state index contributed by atoms with van der Waals surface area (Å²) in [5.41, 5.74) is 0.348. The number of furan rings is 1. The van der Waals surface area contributed by atoms with Gasteiger partial charge in [0.1, 0.15) is 23.1 Å². The van der Waals surface area contributed by atoms with Gasteiger partial charge in [0.15, 0.2) is 0 Å². The van der Waals surface area contributed by atoms with E-state index in [1.807, 2.05) is 0 Å². The SMILES string of the molecule is Cc1nc(NCC(C)C)cc(C(=O)NCc2ccco2)n1. The summed E-state index contributed by atoms with van der Waals surface area (Å²) in [6, 6.07) is 5.25. The Labute approximate surface area is 124 Å². The number of rotatable bonds is 6. The van der Waals surface area contributed by atoms with Crippen LogP contribution in [-0.2, 0) is 6.54 Å². The molecule has 0 aliphatic heterocycles. The van der Waals surface area contributed by atoms with Crippen molar-refractivity contribution >= 4 is 11.7 Å². The highest BCUT2D eigenvalue weighted by atomic mass is 16.3. The molecule has 0 spiro atoms. The topological polar surface area (TPSA) is 80.0 Å². The van der Waals surface area contributed by atoms with Gasteiger partial charge < -0.3 is 15.1 Å². The maximum atomic E-state index is 12.1. The van der Waals surface area contributed by atoms with E-state index in [0.717, 1.165) is 6.54 Å². The molecule has 112 valence electrons. The van der Waals surface area contributed by atoms with Gasteiger partial charge in [0.25, 0.3) is 5.91 Å². The third-order valence-electron chi connectivity index (χ3n) is 2.77. The van der Waals surface area contributed by atoms with Gasteiger partial charge in [0.2, 0.25) is 0 Å². The van der Waals surface area contributed by atoms with E-state index in [2.05, 4.69) is 34.4 Å². The zero-order valence-electron chi connectivity index (χ0n) is 12.5. The summed E-state index contributed by atoms with van der Waals surface area (Å²) < 4.78 is 5.17. The van der Waals surface area contributed by atoms with Gasteiger partial charge in [-0.05, 0) is 25.0 Å². The lowest BCUT2D eigenvalue weighted by Gasteiger charge is -2.10. The van der Waals surface area contributed by atoms with Crippen LogP contribution in [0.2, 0.25) is 0 Å². The van der Waals surface area contributed by atoms with Gasteiger partial charge >= 0.3 is 0 Å². The van der Waals surface area contributed by atoms with E-state index in [-0.39, 0.29) is 5.91 Å². The lowest BCUT2D eigenvalue weighted by Crippen LogP contribution is -2.24. The maximum Gasteiger partial charge on any atom is 0.270 e. The number of anilines is 1. The molecule has 0 bridgehead atoms. The molecule has 2 rings (SSSR count). The maximum absolute atomic E-state index is 12.1. The third-order valence-corrected chi connectivity index (χ3v) is 2.77. The van der Waals surface area contributed by atoms with Gasteiger partial charge in [-0.25, -0.2) is 9.97 Å². The summed E-state index contributed by atoms with van der Waals surface area (Å²) in [5.74, 6) is 2.18. The van der Waals surface area contributed by atoms with Crippen molar-refractivity contribution in [3.63, 3.8) is 0 Å². The molecule has 0 radical (unpaired) electrons. The van der Waals surface area contributed by atoms with Crippen molar-refractivity contribution in [2.75, 3.05) is 11.9 Å². The summed E-state index contributed by atoms with van der Waals surface area (Å²) >= 11 is 0. The van der Waals surface area contributed by atoms with Gasteiger partial charge in [0, 0.05) is 12.6 Å². The van der Waals surface area contributed by atoms with E-state index in [9.17, 15) is 4.79 Å². The zero-order valence-corrected chi connectivity index (χ0v) is 12.5. The average molecular weight is 288 g/mol. The van der Waals surface area contributed by atoms with Crippen LogP contribution in [0.15, 0.2) is 28.9 Å². The molecular formula is C15H20N4O2. The second kappa shape index (κ2) is 6.88. The summed E-state index contributed by atoms with van der Waals surface area (Å²) in [7, 11) is 0. The van der Waals surface area contributed by atoms with E-state index in [4.69, 9.17) is 4.42 Å². The van der Waals surface area contributed by atoms with Crippen molar-refractivity contribution in [3.8, 4) is 0 Å². The smallest absolute Gasteiger partial charge is 0.270 e. The fourth-order valence-corrected chi connectivity index (χ4v) is 1.75. The molecule has 0 atom stereocenters. The molecule has 6 heteroatoms. The van der Waals surface area contributed by atoms with Crippen LogP contribution in [0.5, 0.6) is 0 Å². The zero-order chi connectivity index (χ0) is 15.2. The fourth-order valence-electron chi connectivity index (χ4n) is 1.75. The second-order valence-corrected chi connectivity index (χ2v) is 5.22. The molecule has 0 saturated carbocycles. The molecule has 2 N–H and O–H groups in total. The molecule has 1 amide bonds. The van der Waals surface area contributed by atoms with Crippen molar-refractivity contribution in [2.45, 2.75) is 27.3 Å². The Balaban J connectivity index is 2.02. The van der Waals surface area contributed by atoms with Gasteiger partial charge in [-0.1, -0.05) is 13.8 Å². The summed E-state index contributed by atoms with van der Waals surface area (Å²) in [4.78, 5) is 20.6. The first-order chi connectivity index (χ1) is 10.0. The molecule has 0 aliphatic carbocycles. The third kappa shape index (κ3) is 4.59. The summed E-state index contributed by atoms with van der Waals surface area (Å²) in [6.07, 6.45) is 1.57. The highest BCUT2D eigenvalue weighted by Crippen LogP contribution is 2.08. The molecule has 6 nitrogen and oxygen atoms in total. The summed E-state index contributed by atoms with van der Waals surface area (Å²) in [6.45, 7) is 7.12. The van der Waals surface area contributed by atoms with E-state index < -0.39 is 0 Å². The van der Waals surface area contributed by atoms with Crippen LogP contribution in [0.1, 0.15) is 35.9 Å². The number of carbonyl (C=O) groups is 1. The Morgan fingerprint density at radius 2 is 2.19 bits per heavy atom. The number of aromatic nitrogens is 2. The molecule has 2 heterocycles. The molecule has 0 aromatic carbocycles. The predicted molar refractivity (Wildman–Crippen MR) is 80.0 cm³/mol. The highest BCUT2D eigenvalue weighted by Gasteiger charge is 2.11. The lowest BCUT2D eigenvalue weighted by molar-refractivity contribution is 0.0942. The lowest BCUT2D eigenvalue weighted by atomic mass is 10.2. The minimum absolute atomic E-state index is 0.246.